The van der Waals surface area contributed by atoms with Crippen LogP contribution in [0.5, 0.6) is 0 Å². The molecule has 1 unspecified atom stereocenters. The van der Waals surface area contributed by atoms with Gasteiger partial charge in [-0.15, -0.1) is 0 Å². The van der Waals surface area contributed by atoms with E-state index in [4.69, 9.17) is 15.1 Å². The molecule has 6 nitrogen and oxygen atoms in total. The molecule has 7 heteroatoms. The smallest absolute Gasteiger partial charge is 0.162 e. The number of nitrogens with two attached hydrogens (primary N) is 1. The number of rotatable bonds is 6. The zero-order valence-electron chi connectivity index (χ0n) is 18.4. The minimum absolute atomic E-state index is 0.483. The van der Waals surface area contributed by atoms with Crippen LogP contribution in [0.3, 0.4) is 0 Å². The highest BCUT2D eigenvalue weighted by molar-refractivity contribution is 7.98. The number of hydrogen-bond donors (Lipinski definition) is 2. The number of hydrogen-bond acceptors (Lipinski definition) is 5. The van der Waals surface area contributed by atoms with Gasteiger partial charge in [0, 0.05) is 16.7 Å². The highest BCUT2D eigenvalue weighted by Crippen LogP contribution is 2.34. The summed E-state index contributed by atoms with van der Waals surface area (Å²) in [5, 5.41) is 10.1. The lowest BCUT2D eigenvalue weighted by molar-refractivity contribution is 0.682. The lowest BCUT2D eigenvalue weighted by Crippen LogP contribution is -2.11. The molecule has 0 saturated carbocycles. The lowest BCUT2D eigenvalue weighted by Gasteiger charge is -2.14. The molecule has 3 N–H and O–H groups in total. The summed E-state index contributed by atoms with van der Waals surface area (Å²) in [5.74, 6) is 4.82. The average molecular weight is 466 g/mol. The minimum atomic E-state index is -2.78. The quantitative estimate of drug-likeness (QED) is 0.347. The van der Waals surface area contributed by atoms with Gasteiger partial charge >= 0.3 is 0 Å². The summed E-state index contributed by atoms with van der Waals surface area (Å²) < 4.78 is 12.1. The van der Waals surface area contributed by atoms with Gasteiger partial charge in [0.1, 0.15) is 5.82 Å². The second-order valence-electron chi connectivity index (χ2n) is 7.89. The largest absolute Gasteiger partial charge is 0.364 e. The van der Waals surface area contributed by atoms with E-state index in [9.17, 15) is 4.21 Å². The van der Waals surface area contributed by atoms with Crippen molar-refractivity contribution in [2.45, 2.75) is 11.4 Å². The maximum absolute atomic E-state index is 12.1. The first-order chi connectivity index (χ1) is 16.5. The number of aromatic nitrogens is 3. The molecule has 5 aromatic rings. The third kappa shape index (κ3) is 4.52. The Kier molecular flexibility index (Phi) is 5.79. The molecule has 168 valence electrons. The number of nitrogens with zero attached hydrogens (tertiary/aromatic N) is 3. The van der Waals surface area contributed by atoms with Gasteiger partial charge in [0.15, 0.2) is 5.82 Å². The van der Waals surface area contributed by atoms with E-state index in [-0.39, 0.29) is 0 Å². The molecule has 0 aliphatic carbocycles. The van der Waals surface area contributed by atoms with Crippen molar-refractivity contribution in [3.8, 4) is 22.5 Å². The van der Waals surface area contributed by atoms with Crippen molar-refractivity contribution in [2.75, 3.05) is 5.32 Å². The lowest BCUT2D eigenvalue weighted by atomic mass is 10.0. The molecule has 2 heterocycles. The molecule has 2 aromatic heterocycles. The van der Waals surface area contributed by atoms with E-state index >= 15 is 0 Å². The van der Waals surface area contributed by atoms with Crippen LogP contribution in [0.25, 0.3) is 33.4 Å². The third-order valence-electron chi connectivity index (χ3n) is 5.48. The number of benzene rings is 3. The van der Waals surface area contributed by atoms with Gasteiger partial charge in [0.05, 0.1) is 32.8 Å². The summed E-state index contributed by atoms with van der Waals surface area (Å²) >= 11 is 0. The fraction of sp³-hybridized carbons (Fsp3) is 0.0370. The van der Waals surface area contributed by atoms with Crippen molar-refractivity contribution in [3.63, 3.8) is 0 Å². The Morgan fingerprint density at radius 2 is 1.59 bits per heavy atom. The van der Waals surface area contributed by atoms with E-state index in [1.165, 1.54) is 0 Å². The molecular weight excluding hydrogens is 442 g/mol. The summed E-state index contributed by atoms with van der Waals surface area (Å²) in [5.41, 5.74) is 4.65. The van der Waals surface area contributed by atoms with Crippen molar-refractivity contribution in [1.82, 2.24) is 15.0 Å². The Balaban J connectivity index is 1.65. The molecular formula is C27H23N5OS. The maximum atomic E-state index is 12.1. The molecule has 0 radical (unpaired) electrons. The molecule has 0 fully saturated rings. The normalized spacial score (nSPS) is 12.9. The van der Waals surface area contributed by atoms with Gasteiger partial charge in [0.25, 0.3) is 0 Å². The standard InChI is InChI=1S/C27H23N5OS/c1-34(28,33)22-15-13-20(14-16-22)26-31-24-12-7-11-23(19-8-3-2-4-9-19)25(24)27(32-26)30-18-21-10-5-6-17-29-21/h2-17H,1,18H2,(H2,28,33)(H,30,31,32). The number of nitrogens with one attached hydrogen (secondary N) is 1. The van der Waals surface area contributed by atoms with Crippen LogP contribution in [-0.4, -0.2) is 25.0 Å². The van der Waals surface area contributed by atoms with Gasteiger partial charge in [-0.05, 0) is 59.5 Å². The van der Waals surface area contributed by atoms with Gasteiger partial charge in [-0.3, -0.25) is 10.1 Å². The summed E-state index contributed by atoms with van der Waals surface area (Å²) in [6, 6.07) is 29.1. The van der Waals surface area contributed by atoms with Crippen LogP contribution in [0, 0.1) is 0 Å². The monoisotopic (exact) mass is 465 g/mol. The Bertz CT molecular complexity index is 1550. The van der Waals surface area contributed by atoms with E-state index in [0.717, 1.165) is 33.3 Å². The summed E-state index contributed by atoms with van der Waals surface area (Å²) in [6.45, 7) is 0.519. The Labute approximate surface area is 198 Å². The van der Waals surface area contributed by atoms with Crippen molar-refractivity contribution < 1.29 is 4.21 Å². The predicted octanol–water partition coefficient (Wildman–Crippen LogP) is 4.92. The molecule has 0 spiro atoms. The average Bonchev–Trinajstić information content (AvgIpc) is 2.87. The van der Waals surface area contributed by atoms with E-state index in [1.54, 1.807) is 18.3 Å². The summed E-state index contributed by atoms with van der Waals surface area (Å²) in [6.07, 6.45) is 1.77. The first-order valence-corrected chi connectivity index (χ1v) is 12.5. The van der Waals surface area contributed by atoms with E-state index in [1.807, 2.05) is 60.7 Å². The van der Waals surface area contributed by atoms with Gasteiger partial charge in [-0.1, -0.05) is 48.5 Å². The molecule has 0 aliphatic heterocycles. The van der Waals surface area contributed by atoms with Crippen LogP contribution < -0.4 is 10.5 Å². The molecule has 34 heavy (non-hydrogen) atoms. The predicted molar refractivity (Wildman–Crippen MR) is 140 cm³/mol. The molecule has 0 saturated heterocycles. The first-order valence-electron chi connectivity index (χ1n) is 10.7. The summed E-state index contributed by atoms with van der Waals surface area (Å²) in [7, 11) is -2.78. The molecule has 0 bridgehead atoms. The highest BCUT2D eigenvalue weighted by Gasteiger charge is 2.15. The highest BCUT2D eigenvalue weighted by atomic mass is 32.2. The Morgan fingerprint density at radius 1 is 0.824 bits per heavy atom. The second kappa shape index (κ2) is 9.05. The fourth-order valence-corrected chi connectivity index (χ4v) is 4.41. The fourth-order valence-electron chi connectivity index (χ4n) is 3.81. The van der Waals surface area contributed by atoms with Gasteiger partial charge in [-0.2, -0.15) is 0 Å². The van der Waals surface area contributed by atoms with Gasteiger partial charge in [-0.25, -0.2) is 14.2 Å². The molecule has 5 rings (SSSR count). The second-order valence-corrected chi connectivity index (χ2v) is 9.81. The van der Waals surface area contributed by atoms with Crippen LogP contribution >= 0.6 is 0 Å². The van der Waals surface area contributed by atoms with Crippen molar-refractivity contribution in [1.29, 1.82) is 0 Å². The van der Waals surface area contributed by atoms with Crippen LogP contribution in [0.2, 0.25) is 0 Å². The van der Waals surface area contributed by atoms with Crippen LogP contribution in [0.1, 0.15) is 5.69 Å². The van der Waals surface area contributed by atoms with Gasteiger partial charge < -0.3 is 5.32 Å². The number of pyridine rings is 1. The molecule has 0 aliphatic rings. The minimum Gasteiger partial charge on any atom is -0.364 e. The van der Waals surface area contributed by atoms with Crippen molar-refractivity contribution in [2.24, 2.45) is 5.14 Å². The SMILES string of the molecule is C=S(N)(=O)c1ccc(-c2nc(NCc3ccccn3)c3c(-c4ccccc4)cccc3n2)cc1. The topological polar surface area (TPSA) is 93.8 Å². The molecule has 0 amide bonds. The zero-order chi connectivity index (χ0) is 23.5. The number of anilines is 1. The molecule has 3 aromatic carbocycles. The van der Waals surface area contributed by atoms with Crippen molar-refractivity contribution >= 4 is 32.3 Å². The zero-order valence-corrected chi connectivity index (χ0v) is 19.2. The third-order valence-corrected chi connectivity index (χ3v) is 6.55. The first kappa shape index (κ1) is 21.8. The van der Waals surface area contributed by atoms with Gasteiger partial charge in [0.2, 0.25) is 0 Å². The van der Waals surface area contributed by atoms with Crippen LogP contribution in [-0.2, 0) is 16.3 Å². The maximum Gasteiger partial charge on any atom is 0.162 e. The van der Waals surface area contributed by atoms with E-state index in [2.05, 4.69) is 34.4 Å². The molecule has 1 atom stereocenters. The van der Waals surface area contributed by atoms with Crippen LogP contribution in [0.4, 0.5) is 5.82 Å². The van der Waals surface area contributed by atoms with E-state index < -0.39 is 9.71 Å². The summed E-state index contributed by atoms with van der Waals surface area (Å²) in [4.78, 5) is 14.7. The van der Waals surface area contributed by atoms with Crippen LogP contribution in [0.15, 0.2) is 102 Å². The number of fused-ring (bicyclic) bond motifs is 1. The van der Waals surface area contributed by atoms with Crippen molar-refractivity contribution in [3.05, 3.63) is 103 Å². The Hall–Kier alpha value is -4.07. The van der Waals surface area contributed by atoms with E-state index in [0.29, 0.717) is 23.1 Å². The Morgan fingerprint density at radius 3 is 2.29 bits per heavy atom.